The molecule has 8 aromatic carbocycles. The molecule has 0 bridgehead atoms. The van der Waals surface area contributed by atoms with Crippen LogP contribution in [0.25, 0.3) is 43.6 Å². The summed E-state index contributed by atoms with van der Waals surface area (Å²) in [5.41, 5.74) is 13.4. The van der Waals surface area contributed by atoms with Gasteiger partial charge in [0.1, 0.15) is 22.8 Å². The third kappa shape index (κ3) is 23.4. The first kappa shape index (κ1) is 96.5. The summed E-state index contributed by atoms with van der Waals surface area (Å²) in [5, 5.41) is 53.4. The second-order valence-corrected chi connectivity index (χ2v) is 34.3. The lowest BCUT2D eigenvalue weighted by Crippen LogP contribution is -2.42. The summed E-state index contributed by atoms with van der Waals surface area (Å²) in [4.78, 5) is 119. The fraction of sp³-hybridized carbons (Fsp3) is 0.205. The first-order chi connectivity index (χ1) is 58.3. The molecule has 0 radical (unpaired) electrons. The number of carboxylic acid groups (broad SMARTS) is 4. The Morgan fingerprint density at radius 1 is 0.387 bits per heavy atom. The number of halogens is 8. The third-order valence-corrected chi connectivity index (χ3v) is 25.6. The molecule has 652 valence electrons. The Kier molecular flexibility index (Phi) is 32.3. The van der Waals surface area contributed by atoms with Gasteiger partial charge in [-0.25, -0.2) is 28.6 Å². The van der Waals surface area contributed by atoms with Gasteiger partial charge in [0.2, 0.25) is 11.8 Å². The van der Waals surface area contributed by atoms with Crippen LogP contribution in [0.15, 0.2) is 170 Å². The summed E-state index contributed by atoms with van der Waals surface area (Å²) in [5.74, 6) is -7.19. The molecule has 0 aliphatic heterocycles. The topological polar surface area (TPSA) is 453 Å². The fourth-order valence-electron chi connectivity index (χ4n) is 13.0. The van der Waals surface area contributed by atoms with Crippen molar-refractivity contribution in [1.29, 1.82) is 0 Å². The van der Waals surface area contributed by atoms with Gasteiger partial charge in [-0.3, -0.25) is 28.8 Å². The Hall–Kier alpha value is -11.3. The van der Waals surface area contributed by atoms with Crippen molar-refractivity contribution >= 4 is 216 Å². The molecule has 13 N–H and O–H groups in total. The summed E-state index contributed by atoms with van der Waals surface area (Å²) in [6, 6.07) is 42.6. The van der Waals surface area contributed by atoms with Crippen molar-refractivity contribution < 1.29 is 85.2 Å². The van der Waals surface area contributed by atoms with Gasteiger partial charge < -0.3 is 65.7 Å². The van der Waals surface area contributed by atoms with Crippen molar-refractivity contribution in [1.82, 2.24) is 58.0 Å². The van der Waals surface area contributed by atoms with Gasteiger partial charge in [-0.05, 0) is 163 Å². The minimum atomic E-state index is -4.06. The molecule has 0 aliphatic carbocycles. The van der Waals surface area contributed by atoms with E-state index in [1.54, 1.807) is 154 Å². The lowest BCUT2D eigenvalue weighted by Gasteiger charge is -2.23. The number of benzene rings is 8. The highest BCUT2D eigenvalue weighted by molar-refractivity contribution is 7.88. The van der Waals surface area contributed by atoms with Crippen LogP contribution in [-0.2, 0) is 58.2 Å². The Morgan fingerprint density at radius 2 is 0.653 bits per heavy atom. The van der Waals surface area contributed by atoms with Gasteiger partial charge >= 0.3 is 44.3 Å². The number of aromatic nitrogens is 4. The maximum Gasteiger partial charge on any atom is 0.335 e. The SMILES string of the molecule is CC(=O)NS(=O)(=O)N(C)CCC(NC(=O)c1cc2c(Cl)c(Cl)ccc2n1C)c1ccc(C(=O)O)cc1.CC(=O)NS(=O)(=O)NCCC(NC(=O)c1cc2c(Cl)c(Cl)ccc2n1C)c1ccc(C(=O)O)cc1.CC(NC(=O)c1cc2c(Cl)c(Cl)ccc2n1C)c1ccc(C(=O)O)cc1.Cn1c(C(=O)NC(CN)c2ccc(C(=O)O)cc2)cc2c(Cl)c(Cl)ccc21. The highest BCUT2D eigenvalue weighted by Gasteiger charge is 2.28. The van der Waals surface area contributed by atoms with E-state index in [1.165, 1.54) is 67.7 Å². The van der Waals surface area contributed by atoms with E-state index in [9.17, 15) is 69.9 Å². The zero-order valence-electron chi connectivity index (χ0n) is 66.7. The Labute approximate surface area is 749 Å². The number of carboxylic acids is 4. The largest absolute Gasteiger partial charge is 0.478 e. The van der Waals surface area contributed by atoms with Gasteiger partial charge in [0.25, 0.3) is 23.6 Å². The normalized spacial score (nSPS) is 12.3. The predicted molar refractivity (Wildman–Crippen MR) is 476 cm³/mol. The number of hydrogen-bond donors (Lipinski definition) is 12. The number of hydrogen-bond acceptors (Lipinski definition) is 15. The number of amides is 6. The van der Waals surface area contributed by atoms with Gasteiger partial charge in [0.15, 0.2) is 0 Å². The molecule has 4 heterocycles. The zero-order chi connectivity index (χ0) is 91.4. The quantitative estimate of drug-likeness (QED) is 0.0227. The van der Waals surface area contributed by atoms with E-state index in [-0.39, 0.29) is 78.3 Å². The standard InChI is InChI=1S/C23H24Cl2N4O6S.C22H22Cl2N4O6S.C19H17Cl2N3O3.C19H16Cl2N2O3/c1-13(30)27-36(34,35)28(2)11-10-18(14-4-6-15(7-5-14)23(32)33)26-22(31)20-12-16-19(29(20)3)9-8-17(24)21(16)25;1-12(29)27-35(33,34)25-10-9-17(13-3-5-14(6-4-13)22(31)32)26-21(30)19-11-15-18(28(19)2)8-7-16(23)20(15)24;1-24-15-7-6-13(20)17(21)12(15)8-16(24)18(25)23-14(9-22)10-2-4-11(5-3-10)19(26)27;1-10(11-3-5-12(6-4-11)19(25)26)22-18(24)16-9-13-15(23(16)2)8-7-14(20)17(13)21/h4-9,12,18H,10-11H2,1-3H3,(H,26,31)(H,27,30)(H,32,33);3-8,11,17,25H,9-10H2,1-2H3,(H,26,30)(H,27,29)(H,31,32);2-8,14H,9,22H2,1H3,(H,23,25)(H,26,27);3-10H,1-2H3,(H,22,24)(H,25,26). The molecule has 124 heavy (non-hydrogen) atoms. The van der Waals surface area contributed by atoms with Crippen LogP contribution in [0.4, 0.5) is 0 Å². The van der Waals surface area contributed by atoms with E-state index >= 15 is 0 Å². The van der Waals surface area contributed by atoms with Gasteiger partial charge in [-0.2, -0.15) is 25.9 Å². The van der Waals surface area contributed by atoms with Crippen molar-refractivity contribution in [3.05, 3.63) is 277 Å². The van der Waals surface area contributed by atoms with Crippen molar-refractivity contribution in [3.63, 3.8) is 0 Å². The monoisotopic (exact) mass is 1890 g/mol. The van der Waals surface area contributed by atoms with Gasteiger partial charge in [0, 0.05) is 112 Å². The van der Waals surface area contributed by atoms with E-state index in [4.69, 9.17) is 114 Å². The van der Waals surface area contributed by atoms with Crippen LogP contribution in [0.5, 0.6) is 0 Å². The van der Waals surface area contributed by atoms with Crippen LogP contribution < -0.4 is 41.2 Å². The van der Waals surface area contributed by atoms with Crippen molar-refractivity contribution in [2.75, 3.05) is 26.7 Å². The number of aryl methyl sites for hydroxylation is 4. The van der Waals surface area contributed by atoms with Gasteiger partial charge in [-0.15, -0.1) is 0 Å². The molecule has 0 aliphatic rings. The average Bonchev–Trinajstić information content (AvgIpc) is 1.65. The van der Waals surface area contributed by atoms with Crippen LogP contribution >= 0.6 is 92.8 Å². The second kappa shape index (κ2) is 41.5. The Bertz CT molecular complexity index is 6410. The minimum absolute atomic E-state index is 0.0508. The molecule has 31 nitrogen and oxygen atoms in total. The lowest BCUT2D eigenvalue weighted by molar-refractivity contribution is -0.118. The van der Waals surface area contributed by atoms with Crippen LogP contribution in [-0.4, -0.2) is 146 Å². The van der Waals surface area contributed by atoms with E-state index in [0.717, 1.165) is 40.3 Å². The highest BCUT2D eigenvalue weighted by Crippen LogP contribution is 2.38. The zero-order valence-corrected chi connectivity index (χ0v) is 74.3. The van der Waals surface area contributed by atoms with Crippen LogP contribution in [0.3, 0.4) is 0 Å². The van der Waals surface area contributed by atoms with Crippen LogP contribution in [0.2, 0.25) is 40.2 Å². The average molecular weight is 1890 g/mol. The van der Waals surface area contributed by atoms with Gasteiger partial charge in [-0.1, -0.05) is 141 Å². The van der Waals surface area contributed by atoms with E-state index in [0.29, 0.717) is 101 Å². The molecule has 6 amide bonds. The molecule has 4 unspecified atom stereocenters. The highest BCUT2D eigenvalue weighted by atomic mass is 35.5. The smallest absolute Gasteiger partial charge is 0.335 e. The lowest BCUT2D eigenvalue weighted by atomic mass is 10.0. The molecule has 12 rings (SSSR count). The van der Waals surface area contributed by atoms with Crippen LogP contribution in [0, 0.1) is 0 Å². The molecule has 4 aromatic heterocycles. The summed E-state index contributed by atoms with van der Waals surface area (Å²) >= 11 is 49.3. The van der Waals surface area contributed by atoms with Crippen molar-refractivity contribution in [3.8, 4) is 0 Å². The fourth-order valence-corrected chi connectivity index (χ4v) is 16.2. The first-order valence-electron chi connectivity index (χ1n) is 36.9. The molecule has 41 heteroatoms. The number of nitrogens with zero attached hydrogens (tertiary/aromatic N) is 5. The molecule has 4 atom stereocenters. The Morgan fingerprint density at radius 3 is 0.935 bits per heavy atom. The summed E-state index contributed by atoms with van der Waals surface area (Å²) in [6.45, 7) is 3.97. The molecule has 0 saturated heterocycles. The minimum Gasteiger partial charge on any atom is -0.478 e. The summed E-state index contributed by atoms with van der Waals surface area (Å²) in [7, 11) is 0.125. The van der Waals surface area contributed by atoms with Crippen molar-refractivity contribution in [2.24, 2.45) is 33.9 Å². The van der Waals surface area contributed by atoms with Crippen molar-refractivity contribution in [2.45, 2.75) is 57.8 Å². The molecular formula is C83H79Cl8N13O18S2. The van der Waals surface area contributed by atoms with E-state index < -0.39 is 86.1 Å². The van der Waals surface area contributed by atoms with Gasteiger partial charge in [0.05, 0.1) is 86.6 Å². The number of rotatable bonds is 27. The molecule has 12 aromatic rings. The maximum atomic E-state index is 13.3. The number of fused-ring (bicyclic) bond motifs is 4. The predicted octanol–water partition coefficient (Wildman–Crippen LogP) is 14.7. The second-order valence-electron chi connectivity index (χ2n) is 27.9. The first-order valence-corrected chi connectivity index (χ1v) is 42.8. The van der Waals surface area contributed by atoms with E-state index in [2.05, 4.69) is 26.0 Å². The maximum absolute atomic E-state index is 13.3. The number of nitrogens with two attached hydrogens (primary N) is 1. The third-order valence-electron chi connectivity index (χ3n) is 19.6. The molecular weight excluding hydrogens is 1810 g/mol. The summed E-state index contributed by atoms with van der Waals surface area (Å²) in [6.07, 6.45) is 0.234. The van der Waals surface area contributed by atoms with Crippen LogP contribution in [0.1, 0.15) is 163 Å². The number of aromatic carboxylic acids is 4. The Balaban J connectivity index is 0.000000189. The number of carbonyl (C=O) groups is 10. The molecule has 0 spiro atoms. The number of carbonyl (C=O) groups excluding carboxylic acids is 6. The molecule has 0 fully saturated rings. The van der Waals surface area contributed by atoms with E-state index in [1.807, 2.05) is 17.7 Å². The number of nitrogens with one attached hydrogen (secondary N) is 7. The molecule has 0 saturated carbocycles. The summed E-state index contributed by atoms with van der Waals surface area (Å²) < 4.78 is 62.0.